The van der Waals surface area contributed by atoms with Crippen LogP contribution in [0.15, 0.2) is 0 Å². The van der Waals surface area contributed by atoms with Crippen LogP contribution in [0.25, 0.3) is 0 Å². The van der Waals surface area contributed by atoms with Gasteiger partial charge in [0.15, 0.2) is 5.79 Å². The van der Waals surface area contributed by atoms with Gasteiger partial charge in [-0.25, -0.2) is 4.79 Å². The van der Waals surface area contributed by atoms with Gasteiger partial charge in [-0.1, -0.05) is 0 Å². The second kappa shape index (κ2) is 6.94. The first-order valence-corrected chi connectivity index (χ1v) is 7.48. The average molecular weight is 303 g/mol. The summed E-state index contributed by atoms with van der Waals surface area (Å²) in [4.78, 5) is 11.6. The Morgan fingerprint density at radius 2 is 2.10 bits per heavy atom. The van der Waals surface area contributed by atoms with Crippen molar-refractivity contribution in [3.8, 4) is 0 Å². The van der Waals surface area contributed by atoms with Gasteiger partial charge >= 0.3 is 6.09 Å². The van der Waals surface area contributed by atoms with Crippen LogP contribution in [-0.2, 0) is 14.2 Å². The Kier molecular flexibility index (Phi) is 6.01. The zero-order valence-corrected chi connectivity index (χ0v) is 13.9. The second-order valence-electron chi connectivity index (χ2n) is 7.03. The number of ether oxygens (including phenoxy) is 3. The van der Waals surface area contributed by atoms with E-state index in [1.807, 2.05) is 13.8 Å². The van der Waals surface area contributed by atoms with Gasteiger partial charge in [-0.05, 0) is 54.4 Å². The summed E-state index contributed by atoms with van der Waals surface area (Å²) in [5, 5.41) is 12.7. The molecule has 0 aromatic heterocycles. The quantitative estimate of drug-likeness (QED) is 0.814. The fourth-order valence-electron chi connectivity index (χ4n) is 2.10. The Labute approximate surface area is 127 Å². The minimum atomic E-state index is -0.648. The van der Waals surface area contributed by atoms with E-state index in [0.717, 1.165) is 0 Å². The predicted molar refractivity (Wildman–Crippen MR) is 79.0 cm³/mol. The number of rotatable bonds is 5. The smallest absolute Gasteiger partial charge is 0.407 e. The molecule has 21 heavy (non-hydrogen) atoms. The van der Waals surface area contributed by atoms with Gasteiger partial charge < -0.3 is 24.6 Å². The van der Waals surface area contributed by atoms with E-state index in [1.165, 1.54) is 0 Å². The number of amides is 1. The first kappa shape index (κ1) is 18.2. The fraction of sp³-hybridized carbons (Fsp3) is 0.933. The summed E-state index contributed by atoms with van der Waals surface area (Å²) in [6, 6.07) is -0.379. The van der Waals surface area contributed by atoms with Crippen molar-refractivity contribution in [3.05, 3.63) is 0 Å². The van der Waals surface area contributed by atoms with Crippen molar-refractivity contribution in [1.29, 1.82) is 0 Å². The third-order valence-electron chi connectivity index (χ3n) is 3.17. The lowest BCUT2D eigenvalue weighted by Gasteiger charge is -2.25. The Morgan fingerprint density at radius 3 is 2.57 bits per heavy atom. The minimum absolute atomic E-state index is 0.0108. The molecule has 1 aliphatic heterocycles. The van der Waals surface area contributed by atoms with Gasteiger partial charge in [0.05, 0.1) is 24.9 Å². The molecule has 0 unspecified atom stereocenters. The molecule has 2 N–H and O–H groups in total. The number of hydrogen-bond acceptors (Lipinski definition) is 5. The molecule has 0 aliphatic carbocycles. The molecule has 6 heteroatoms. The van der Waals surface area contributed by atoms with E-state index in [1.54, 1.807) is 27.7 Å². The number of hydrogen-bond donors (Lipinski definition) is 2. The van der Waals surface area contributed by atoms with Crippen LogP contribution < -0.4 is 5.32 Å². The lowest BCUT2D eigenvalue weighted by Crippen LogP contribution is -2.43. The zero-order valence-electron chi connectivity index (χ0n) is 13.9. The van der Waals surface area contributed by atoms with E-state index in [9.17, 15) is 9.90 Å². The van der Waals surface area contributed by atoms with E-state index in [0.29, 0.717) is 19.4 Å². The van der Waals surface area contributed by atoms with E-state index in [2.05, 4.69) is 5.32 Å². The third kappa shape index (κ3) is 7.11. The van der Waals surface area contributed by atoms with E-state index < -0.39 is 23.6 Å². The van der Waals surface area contributed by atoms with E-state index in [4.69, 9.17) is 14.2 Å². The van der Waals surface area contributed by atoms with Crippen LogP contribution in [0.2, 0.25) is 0 Å². The molecule has 0 radical (unpaired) electrons. The van der Waals surface area contributed by atoms with Crippen molar-refractivity contribution >= 4 is 6.09 Å². The van der Waals surface area contributed by atoms with Crippen LogP contribution in [0.3, 0.4) is 0 Å². The van der Waals surface area contributed by atoms with E-state index in [-0.39, 0.29) is 12.1 Å². The van der Waals surface area contributed by atoms with Gasteiger partial charge in [-0.3, -0.25) is 0 Å². The molecule has 1 heterocycles. The first-order chi connectivity index (χ1) is 9.48. The molecule has 0 saturated carbocycles. The van der Waals surface area contributed by atoms with Crippen LogP contribution in [0.1, 0.15) is 54.4 Å². The lowest BCUT2D eigenvalue weighted by molar-refractivity contribution is -0.139. The number of nitrogens with one attached hydrogen (secondary N) is 1. The molecular weight excluding hydrogens is 274 g/mol. The molecule has 1 amide bonds. The van der Waals surface area contributed by atoms with Gasteiger partial charge in [0, 0.05) is 0 Å². The maximum atomic E-state index is 11.6. The number of aliphatic hydroxyl groups is 1. The third-order valence-corrected chi connectivity index (χ3v) is 3.17. The van der Waals surface area contributed by atoms with Crippen molar-refractivity contribution in [2.75, 3.05) is 6.61 Å². The Balaban J connectivity index is 2.28. The summed E-state index contributed by atoms with van der Waals surface area (Å²) in [6.45, 7) is 11.4. The molecule has 124 valence electrons. The maximum Gasteiger partial charge on any atom is 0.407 e. The molecular formula is C15H29NO5. The predicted octanol–water partition coefficient (Wildman–Crippen LogP) is 2.19. The van der Waals surface area contributed by atoms with Crippen molar-refractivity contribution in [3.63, 3.8) is 0 Å². The van der Waals surface area contributed by atoms with Crippen molar-refractivity contribution in [2.45, 2.75) is 84.0 Å². The topological polar surface area (TPSA) is 77.0 Å². The van der Waals surface area contributed by atoms with Crippen LogP contribution >= 0.6 is 0 Å². The Morgan fingerprint density at radius 1 is 1.48 bits per heavy atom. The highest BCUT2D eigenvalue weighted by molar-refractivity contribution is 5.68. The second-order valence-corrected chi connectivity index (χ2v) is 7.03. The molecule has 0 aromatic rings. The normalized spacial score (nSPS) is 24.4. The van der Waals surface area contributed by atoms with Crippen molar-refractivity contribution in [2.24, 2.45) is 0 Å². The number of aliphatic hydroxyl groups excluding tert-OH is 1. The Hall–Kier alpha value is -0.850. The first-order valence-electron chi connectivity index (χ1n) is 7.48. The van der Waals surface area contributed by atoms with Crippen LogP contribution in [0.5, 0.6) is 0 Å². The van der Waals surface area contributed by atoms with Gasteiger partial charge in [0.1, 0.15) is 5.60 Å². The highest BCUT2D eigenvalue weighted by atomic mass is 16.7. The molecule has 1 saturated heterocycles. The van der Waals surface area contributed by atoms with Gasteiger partial charge in [-0.2, -0.15) is 0 Å². The number of alkyl carbamates (subject to hydrolysis) is 1. The highest BCUT2D eigenvalue weighted by Crippen LogP contribution is 2.25. The summed E-state index contributed by atoms with van der Waals surface area (Å²) in [6.07, 6.45) is 0.0373. The maximum absolute atomic E-state index is 11.6. The molecule has 1 fully saturated rings. The zero-order chi connectivity index (χ0) is 16.3. The van der Waals surface area contributed by atoms with Crippen LogP contribution in [0, 0.1) is 0 Å². The van der Waals surface area contributed by atoms with Gasteiger partial charge in [0.25, 0.3) is 0 Å². The summed E-state index contributed by atoms with van der Waals surface area (Å²) in [5.41, 5.74) is -0.546. The van der Waals surface area contributed by atoms with E-state index >= 15 is 0 Å². The largest absolute Gasteiger partial charge is 0.444 e. The van der Waals surface area contributed by atoms with Crippen LogP contribution in [-0.4, -0.2) is 47.4 Å². The highest BCUT2D eigenvalue weighted by Gasteiger charge is 2.33. The van der Waals surface area contributed by atoms with Crippen LogP contribution in [0.4, 0.5) is 4.79 Å². The molecule has 3 atom stereocenters. The number of carbonyl (C=O) groups is 1. The van der Waals surface area contributed by atoms with Crippen molar-refractivity contribution in [1.82, 2.24) is 5.32 Å². The average Bonchev–Trinajstić information content (AvgIpc) is 2.63. The fourth-order valence-corrected chi connectivity index (χ4v) is 2.10. The number of carbonyl (C=O) groups excluding carboxylic acids is 1. The van der Waals surface area contributed by atoms with Crippen molar-refractivity contribution < 1.29 is 24.1 Å². The molecule has 0 aromatic carbocycles. The SMILES string of the molecule is C[C@H](NC(=O)OC(C)(C)C)[C@@H](O)CC[C@H]1COC(C)(C)O1. The molecule has 1 aliphatic rings. The molecule has 0 spiro atoms. The summed E-state index contributed by atoms with van der Waals surface area (Å²) >= 11 is 0. The molecule has 0 bridgehead atoms. The minimum Gasteiger partial charge on any atom is -0.444 e. The summed E-state index contributed by atoms with van der Waals surface area (Å²) < 4.78 is 16.3. The summed E-state index contributed by atoms with van der Waals surface area (Å²) in [7, 11) is 0. The van der Waals surface area contributed by atoms with Gasteiger partial charge in [-0.15, -0.1) is 0 Å². The standard InChI is InChI=1S/C15H29NO5/c1-10(16-13(18)21-14(2,3)4)12(17)8-7-11-9-19-15(5,6)20-11/h10-12,17H,7-9H2,1-6H3,(H,16,18)/t10-,11-,12-/m0/s1. The Bertz CT molecular complexity index is 350. The lowest BCUT2D eigenvalue weighted by atomic mass is 10.1. The summed E-state index contributed by atoms with van der Waals surface area (Å²) in [5.74, 6) is -0.546. The molecule has 1 rings (SSSR count). The monoisotopic (exact) mass is 303 g/mol. The molecule has 6 nitrogen and oxygen atoms in total. The van der Waals surface area contributed by atoms with Gasteiger partial charge in [0.2, 0.25) is 0 Å².